The second-order valence-corrected chi connectivity index (χ2v) is 14.6. The first kappa shape index (κ1) is 31.4. The number of thiophene rings is 1. The minimum absolute atomic E-state index is 0.00395. The quantitative estimate of drug-likeness (QED) is 0.215. The summed E-state index contributed by atoms with van der Waals surface area (Å²) in [5.41, 5.74) is 1.98. The third-order valence-electron chi connectivity index (χ3n) is 10.5. The summed E-state index contributed by atoms with van der Waals surface area (Å²) in [4.78, 5) is 10.6. The zero-order valence-electron chi connectivity index (χ0n) is 25.5. The maximum atomic E-state index is 16.9. The highest BCUT2D eigenvalue weighted by atomic mass is 32.1. The molecule has 3 aliphatic heterocycles. The van der Waals surface area contributed by atoms with Gasteiger partial charge in [-0.05, 0) is 68.3 Å². The van der Waals surface area contributed by atoms with Gasteiger partial charge >= 0.3 is 12.2 Å². The van der Waals surface area contributed by atoms with Crippen LogP contribution in [-0.4, -0.2) is 65.5 Å². The number of anilines is 1. The summed E-state index contributed by atoms with van der Waals surface area (Å²) in [5, 5.41) is 12.5. The summed E-state index contributed by atoms with van der Waals surface area (Å²) < 4.78 is 103. The van der Waals surface area contributed by atoms with Crippen LogP contribution in [0.5, 0.6) is 11.9 Å². The number of rotatable bonds is 6. The SMILES string of the molecule is N#Cc1c(N)sc2c(F)ccc(-c3c(C(F)(F)F)cc4c(OC5CC6(CCNC6)C5)nc(OCC56CCCN5C[C@H](F)C6)nc4c3F)c12. The number of nitrogens with zero attached hydrogens (tertiary/aromatic N) is 4. The Morgan fingerprint density at radius 3 is 2.71 bits per heavy atom. The Balaban J connectivity index is 1.29. The third kappa shape index (κ3) is 4.94. The first-order chi connectivity index (χ1) is 22.9. The van der Waals surface area contributed by atoms with Crippen LogP contribution in [0.25, 0.3) is 32.1 Å². The van der Waals surface area contributed by atoms with Crippen LogP contribution in [0.3, 0.4) is 0 Å². The summed E-state index contributed by atoms with van der Waals surface area (Å²) in [6, 6.07) is 4.16. The highest BCUT2D eigenvalue weighted by Crippen LogP contribution is 2.50. The molecule has 8 rings (SSSR count). The van der Waals surface area contributed by atoms with Gasteiger partial charge in [0.1, 0.15) is 41.3 Å². The van der Waals surface area contributed by atoms with Gasteiger partial charge in [0.25, 0.3) is 0 Å². The van der Waals surface area contributed by atoms with Gasteiger partial charge in [0, 0.05) is 30.5 Å². The summed E-state index contributed by atoms with van der Waals surface area (Å²) in [6.07, 6.45) is -2.46. The van der Waals surface area contributed by atoms with Crippen LogP contribution < -0.4 is 20.5 Å². The molecule has 8 nitrogen and oxygen atoms in total. The molecule has 4 aliphatic rings. The van der Waals surface area contributed by atoms with Crippen LogP contribution >= 0.6 is 11.3 Å². The molecule has 3 saturated heterocycles. The fraction of sp³-hybridized carbons (Fsp3) is 0.485. The van der Waals surface area contributed by atoms with Gasteiger partial charge in [-0.15, -0.1) is 11.3 Å². The molecular formula is C33H30F6N6O2S. The van der Waals surface area contributed by atoms with Gasteiger partial charge in [0.2, 0.25) is 5.88 Å². The van der Waals surface area contributed by atoms with Crippen molar-refractivity contribution < 1.29 is 35.8 Å². The smallest absolute Gasteiger partial charge is 0.417 e. The molecule has 2 aromatic heterocycles. The molecule has 4 fully saturated rings. The lowest BCUT2D eigenvalue weighted by molar-refractivity contribution is -0.137. The predicted octanol–water partition coefficient (Wildman–Crippen LogP) is 6.74. The molecule has 0 amide bonds. The minimum Gasteiger partial charge on any atom is -0.474 e. The lowest BCUT2D eigenvalue weighted by Crippen LogP contribution is -2.45. The molecular weight excluding hydrogens is 658 g/mol. The van der Waals surface area contributed by atoms with Gasteiger partial charge in [0.15, 0.2) is 5.82 Å². The second kappa shape index (κ2) is 11.1. The Morgan fingerprint density at radius 1 is 1.17 bits per heavy atom. The number of ether oxygens (including phenoxy) is 2. The molecule has 0 radical (unpaired) electrons. The molecule has 0 bridgehead atoms. The zero-order chi connectivity index (χ0) is 33.6. The molecule has 1 unspecified atom stereocenters. The number of fused-ring (bicyclic) bond motifs is 3. The number of nitriles is 1. The van der Waals surface area contributed by atoms with Gasteiger partial charge < -0.3 is 20.5 Å². The van der Waals surface area contributed by atoms with E-state index in [4.69, 9.17) is 15.2 Å². The van der Waals surface area contributed by atoms with Crippen molar-refractivity contribution in [3.63, 3.8) is 0 Å². The Hall–Kier alpha value is -3.87. The Labute approximate surface area is 274 Å². The molecule has 4 aromatic rings. The average Bonchev–Trinajstić information content (AvgIpc) is 3.79. The van der Waals surface area contributed by atoms with E-state index in [1.165, 1.54) is 0 Å². The fourth-order valence-corrected chi connectivity index (χ4v) is 9.22. The number of nitrogens with two attached hydrogens (primary N) is 1. The van der Waals surface area contributed by atoms with E-state index in [9.17, 15) is 27.2 Å². The van der Waals surface area contributed by atoms with Crippen LogP contribution in [-0.2, 0) is 6.18 Å². The highest BCUT2D eigenvalue weighted by molar-refractivity contribution is 7.23. The largest absolute Gasteiger partial charge is 0.474 e. The first-order valence-corrected chi connectivity index (χ1v) is 16.6. The number of alkyl halides is 4. The first-order valence-electron chi connectivity index (χ1n) is 15.8. The van der Waals surface area contributed by atoms with Crippen LogP contribution in [0.1, 0.15) is 49.7 Å². The summed E-state index contributed by atoms with van der Waals surface area (Å²) in [7, 11) is 0. The number of halogens is 6. The van der Waals surface area contributed by atoms with Crippen molar-refractivity contribution in [3.8, 4) is 29.1 Å². The Bertz CT molecular complexity index is 2000. The van der Waals surface area contributed by atoms with Crippen molar-refractivity contribution in [2.45, 2.75) is 62.5 Å². The molecule has 2 aromatic carbocycles. The monoisotopic (exact) mass is 688 g/mol. The van der Waals surface area contributed by atoms with Crippen LogP contribution in [0, 0.1) is 28.4 Å². The van der Waals surface area contributed by atoms with E-state index in [0.717, 1.165) is 44.1 Å². The second-order valence-electron chi connectivity index (χ2n) is 13.5. The number of nitrogen functional groups attached to an aromatic ring is 1. The van der Waals surface area contributed by atoms with Crippen molar-refractivity contribution in [2.75, 3.05) is 38.5 Å². The molecule has 48 heavy (non-hydrogen) atoms. The number of nitrogens with one attached hydrogen (secondary N) is 1. The molecule has 5 heterocycles. The maximum absolute atomic E-state index is 16.9. The van der Waals surface area contributed by atoms with E-state index in [-0.39, 0.29) is 74.6 Å². The van der Waals surface area contributed by atoms with Crippen molar-refractivity contribution in [3.05, 3.63) is 41.0 Å². The molecule has 15 heteroatoms. The summed E-state index contributed by atoms with van der Waals surface area (Å²) in [5.74, 6) is -2.43. The molecule has 252 valence electrons. The third-order valence-corrected chi connectivity index (χ3v) is 11.6. The fourth-order valence-electron chi connectivity index (χ4n) is 8.27. The van der Waals surface area contributed by atoms with Crippen molar-refractivity contribution in [1.82, 2.24) is 20.2 Å². The number of aromatic nitrogens is 2. The standard InChI is InChI=1S/C33H30F6N6O2S/c34-16-9-32(4-1-7-45(32)13-16)15-46-30-43-26-19(29(44-30)47-17-10-31(11-17)5-6-42-14-31)8-21(33(37,38)39)24(25(26)36)18-2-3-22(35)27-23(18)20(12-40)28(41)48-27/h2-3,8,16-17,42H,1,4-7,9-11,13-15,41H2/t16-,17?,31?,32?/m1/s1. The highest BCUT2D eigenvalue weighted by Gasteiger charge is 2.50. The van der Waals surface area contributed by atoms with E-state index < -0.39 is 46.2 Å². The minimum atomic E-state index is -5.08. The van der Waals surface area contributed by atoms with Gasteiger partial charge in [-0.2, -0.15) is 28.4 Å². The predicted molar refractivity (Wildman–Crippen MR) is 167 cm³/mol. The van der Waals surface area contributed by atoms with Gasteiger partial charge in [-0.3, -0.25) is 4.90 Å². The summed E-state index contributed by atoms with van der Waals surface area (Å²) in [6.45, 7) is 2.65. The van der Waals surface area contributed by atoms with Gasteiger partial charge in [-0.1, -0.05) is 6.07 Å². The van der Waals surface area contributed by atoms with Crippen LogP contribution in [0.4, 0.5) is 31.3 Å². The van der Waals surface area contributed by atoms with E-state index in [2.05, 4.69) is 15.3 Å². The molecule has 1 saturated carbocycles. The lowest BCUT2D eigenvalue weighted by atomic mass is 9.66. The summed E-state index contributed by atoms with van der Waals surface area (Å²) >= 11 is 0.692. The molecule has 1 aliphatic carbocycles. The van der Waals surface area contributed by atoms with Gasteiger partial charge in [-0.25, -0.2) is 13.2 Å². The number of hydrogen-bond acceptors (Lipinski definition) is 9. The normalized spacial score (nSPS) is 27.1. The Kier molecular flexibility index (Phi) is 7.25. The van der Waals surface area contributed by atoms with Crippen molar-refractivity contribution in [2.24, 2.45) is 5.41 Å². The number of hydrogen-bond donors (Lipinski definition) is 2. The molecule has 2 atom stereocenters. The van der Waals surface area contributed by atoms with E-state index >= 15 is 4.39 Å². The average molecular weight is 689 g/mol. The Morgan fingerprint density at radius 2 is 1.98 bits per heavy atom. The lowest BCUT2D eigenvalue weighted by Gasteiger charge is -2.44. The van der Waals surface area contributed by atoms with E-state index in [1.807, 2.05) is 11.0 Å². The molecule has 3 N–H and O–H groups in total. The van der Waals surface area contributed by atoms with E-state index in [1.54, 1.807) is 0 Å². The van der Waals surface area contributed by atoms with Crippen molar-refractivity contribution >= 4 is 37.3 Å². The van der Waals surface area contributed by atoms with E-state index in [0.29, 0.717) is 37.1 Å². The van der Waals surface area contributed by atoms with Crippen LogP contribution in [0.15, 0.2) is 18.2 Å². The maximum Gasteiger partial charge on any atom is 0.417 e. The number of benzene rings is 2. The van der Waals surface area contributed by atoms with Crippen LogP contribution in [0.2, 0.25) is 0 Å². The van der Waals surface area contributed by atoms with Crippen molar-refractivity contribution in [1.29, 1.82) is 5.26 Å². The van der Waals surface area contributed by atoms with Gasteiger partial charge in [0.05, 0.1) is 26.8 Å². The zero-order valence-corrected chi connectivity index (χ0v) is 26.3. The molecule has 1 spiro atoms. The topological polar surface area (TPSA) is 109 Å².